The van der Waals surface area contributed by atoms with Gasteiger partial charge >= 0.3 is 0 Å². The zero-order valence-corrected chi connectivity index (χ0v) is 21.5. The number of carbonyl (C=O) groups excluding carboxylic acids is 2. The predicted molar refractivity (Wildman–Crippen MR) is 143 cm³/mol. The summed E-state index contributed by atoms with van der Waals surface area (Å²) in [6.45, 7) is 2.10. The fourth-order valence-electron chi connectivity index (χ4n) is 4.54. The first kappa shape index (κ1) is 26.7. The van der Waals surface area contributed by atoms with Crippen LogP contribution in [0, 0.1) is 6.92 Å². The number of oxime groups is 1. The van der Waals surface area contributed by atoms with Crippen LogP contribution in [0.3, 0.4) is 0 Å². The van der Waals surface area contributed by atoms with Crippen molar-refractivity contribution in [3.8, 4) is 22.6 Å². The fraction of sp³-hybridized carbons (Fsp3) is 0.276. The molecule has 38 heavy (non-hydrogen) atoms. The monoisotopic (exact) mass is 517 g/mol. The zero-order chi connectivity index (χ0) is 27.2. The number of likely N-dealkylation sites (tertiary alicyclic amines) is 1. The summed E-state index contributed by atoms with van der Waals surface area (Å²) in [5, 5.41) is 27.0. The van der Waals surface area contributed by atoms with Gasteiger partial charge in [-0.05, 0) is 53.4 Å². The molecule has 0 aromatic heterocycles. The number of ether oxygens (including phenoxy) is 1. The van der Waals surface area contributed by atoms with E-state index in [9.17, 15) is 19.8 Å². The number of aromatic hydroxyl groups is 1. The summed E-state index contributed by atoms with van der Waals surface area (Å²) in [5.41, 5.74) is 4.71. The van der Waals surface area contributed by atoms with Gasteiger partial charge in [-0.3, -0.25) is 9.59 Å². The predicted octanol–water partition coefficient (Wildman–Crippen LogP) is 3.44. The second-order valence-electron chi connectivity index (χ2n) is 9.08. The second-order valence-corrected chi connectivity index (χ2v) is 9.08. The van der Waals surface area contributed by atoms with Crippen molar-refractivity contribution in [2.24, 2.45) is 5.16 Å². The third-order valence-electron chi connectivity index (χ3n) is 6.59. The van der Waals surface area contributed by atoms with Gasteiger partial charge in [0.05, 0.1) is 25.5 Å². The average molecular weight is 518 g/mol. The van der Waals surface area contributed by atoms with Gasteiger partial charge in [-0.15, -0.1) is 0 Å². The number of hydrogen-bond acceptors (Lipinski definition) is 7. The van der Waals surface area contributed by atoms with Crippen molar-refractivity contribution >= 4 is 17.5 Å². The number of carbonyl (C=O) groups is 2. The molecule has 3 aromatic carbocycles. The van der Waals surface area contributed by atoms with Crippen LogP contribution < -0.4 is 10.1 Å². The van der Waals surface area contributed by atoms with E-state index in [0.29, 0.717) is 16.8 Å². The Morgan fingerprint density at radius 3 is 2.53 bits per heavy atom. The van der Waals surface area contributed by atoms with Gasteiger partial charge in [0.25, 0.3) is 5.91 Å². The molecule has 198 valence electrons. The van der Waals surface area contributed by atoms with Crippen molar-refractivity contribution in [1.82, 2.24) is 10.2 Å². The zero-order valence-electron chi connectivity index (χ0n) is 21.5. The maximum Gasteiger partial charge on any atom is 0.254 e. The summed E-state index contributed by atoms with van der Waals surface area (Å²) in [7, 11) is 2.83. The van der Waals surface area contributed by atoms with E-state index in [4.69, 9.17) is 9.57 Å². The molecular formula is C29H31N3O6. The number of hydrogen-bond donors (Lipinski definition) is 3. The lowest BCUT2D eigenvalue weighted by Gasteiger charge is -2.24. The van der Waals surface area contributed by atoms with E-state index < -0.39 is 18.1 Å². The van der Waals surface area contributed by atoms with Crippen molar-refractivity contribution in [3.05, 3.63) is 83.4 Å². The highest BCUT2D eigenvalue weighted by molar-refractivity contribution is 6.05. The number of nitrogens with one attached hydrogen (secondary N) is 1. The molecule has 1 fully saturated rings. The van der Waals surface area contributed by atoms with Crippen molar-refractivity contribution in [2.45, 2.75) is 25.5 Å². The van der Waals surface area contributed by atoms with Gasteiger partial charge in [-0.25, -0.2) is 0 Å². The largest absolute Gasteiger partial charge is 0.504 e. The summed E-state index contributed by atoms with van der Waals surface area (Å²) in [6, 6.07) is 19.0. The molecule has 1 heterocycles. The molecule has 0 unspecified atom stereocenters. The molecule has 1 aliphatic heterocycles. The van der Waals surface area contributed by atoms with Gasteiger partial charge in [-0.2, -0.15) is 0 Å². The maximum absolute atomic E-state index is 13.5. The molecule has 2 amide bonds. The van der Waals surface area contributed by atoms with Crippen LogP contribution in [0.2, 0.25) is 0 Å². The first-order valence-corrected chi connectivity index (χ1v) is 12.2. The van der Waals surface area contributed by atoms with Crippen LogP contribution in [0.15, 0.2) is 71.9 Å². The van der Waals surface area contributed by atoms with Gasteiger partial charge < -0.3 is 30.0 Å². The molecule has 3 N–H and O–H groups in total. The molecule has 0 saturated carbocycles. The van der Waals surface area contributed by atoms with Gasteiger partial charge in [-0.1, -0.05) is 47.6 Å². The van der Waals surface area contributed by atoms with Crippen LogP contribution >= 0.6 is 0 Å². The molecule has 9 nitrogen and oxygen atoms in total. The van der Waals surface area contributed by atoms with Crippen LogP contribution in [-0.2, 0) is 9.63 Å². The molecule has 1 saturated heterocycles. The summed E-state index contributed by atoms with van der Waals surface area (Å²) in [6.07, 6.45) is -0.823. The van der Waals surface area contributed by atoms with Gasteiger partial charge in [0, 0.05) is 18.5 Å². The number of aliphatic hydroxyl groups is 1. The first-order chi connectivity index (χ1) is 18.3. The Bertz CT molecular complexity index is 1340. The molecule has 2 atom stereocenters. The number of nitrogens with zero attached hydrogens (tertiary/aromatic N) is 2. The Balaban J connectivity index is 1.48. The Kier molecular flexibility index (Phi) is 8.28. The number of phenolic OH excluding ortho intramolecular Hbond substituents is 1. The highest BCUT2D eigenvalue weighted by atomic mass is 16.6. The summed E-state index contributed by atoms with van der Waals surface area (Å²) in [5.74, 6) is -0.550. The van der Waals surface area contributed by atoms with E-state index in [1.807, 2.05) is 43.3 Å². The lowest BCUT2D eigenvalue weighted by molar-refractivity contribution is -0.125. The van der Waals surface area contributed by atoms with Gasteiger partial charge in [0.1, 0.15) is 13.2 Å². The van der Waals surface area contributed by atoms with Crippen LogP contribution in [0.4, 0.5) is 0 Å². The minimum Gasteiger partial charge on any atom is -0.504 e. The van der Waals surface area contributed by atoms with Crippen LogP contribution in [0.1, 0.15) is 34.0 Å². The van der Waals surface area contributed by atoms with Crippen LogP contribution in [-0.4, -0.2) is 66.0 Å². The highest BCUT2D eigenvalue weighted by Crippen LogP contribution is 2.29. The number of aryl methyl sites for hydroxylation is 1. The molecule has 0 bridgehead atoms. The minimum atomic E-state index is -1.04. The average Bonchev–Trinajstić information content (AvgIpc) is 3.36. The van der Waals surface area contributed by atoms with E-state index in [2.05, 4.69) is 10.5 Å². The number of benzene rings is 3. The molecular weight excluding hydrogens is 486 g/mol. The quantitative estimate of drug-likeness (QED) is 0.394. The Morgan fingerprint density at radius 1 is 1.11 bits per heavy atom. The fourth-order valence-corrected chi connectivity index (χ4v) is 4.54. The maximum atomic E-state index is 13.5. The highest BCUT2D eigenvalue weighted by Gasteiger charge is 2.38. The molecule has 1 aliphatic rings. The third-order valence-corrected chi connectivity index (χ3v) is 6.59. The summed E-state index contributed by atoms with van der Waals surface area (Å²) in [4.78, 5) is 33.0. The van der Waals surface area contributed by atoms with Crippen LogP contribution in [0.25, 0.3) is 11.1 Å². The van der Waals surface area contributed by atoms with Gasteiger partial charge in [0.2, 0.25) is 5.91 Å². The lowest BCUT2D eigenvalue weighted by atomic mass is 9.99. The molecule has 0 radical (unpaired) electrons. The minimum absolute atomic E-state index is 0.0514. The van der Waals surface area contributed by atoms with Gasteiger partial charge in [0.15, 0.2) is 11.5 Å². The van der Waals surface area contributed by atoms with E-state index in [1.54, 1.807) is 18.2 Å². The molecule has 9 heteroatoms. The number of aliphatic hydroxyl groups excluding tert-OH is 1. The third kappa shape index (κ3) is 5.78. The Labute approximate surface area is 221 Å². The Hall–Kier alpha value is -4.37. The Morgan fingerprint density at radius 2 is 1.84 bits per heavy atom. The normalized spacial score (nSPS) is 16.8. The van der Waals surface area contributed by atoms with E-state index in [0.717, 1.165) is 16.7 Å². The van der Waals surface area contributed by atoms with E-state index in [1.165, 1.54) is 31.3 Å². The molecule has 0 aliphatic carbocycles. The molecule has 4 rings (SSSR count). The first-order valence-electron chi connectivity index (χ1n) is 12.2. The second kappa shape index (κ2) is 11.8. The van der Waals surface area contributed by atoms with Crippen molar-refractivity contribution in [2.75, 3.05) is 27.3 Å². The number of phenols is 1. The standard InChI is InChI=1S/C29H31N3O6/c1-18-6-4-5-7-23(18)19-8-10-20(11-9-19)29(36)32-17-22(31-38-3)15-24(32)28(35)30-16-26(34)21-12-13-25(33)27(14-21)37-2/h4-14,24,26,33-34H,15-17H2,1-3H3,(H,30,35)/b31-22+/t24-,26+/m0/s1. The SMILES string of the molecule is CO/N=C1\C[C@@H](C(=O)NC[C@@H](O)c2ccc(O)c(OC)c2)N(C(=O)c2ccc(-c3ccccc3C)cc2)C1. The van der Waals surface area contributed by atoms with E-state index >= 15 is 0 Å². The molecule has 3 aromatic rings. The van der Waals surface area contributed by atoms with Crippen LogP contribution in [0.5, 0.6) is 11.5 Å². The number of rotatable bonds is 8. The summed E-state index contributed by atoms with van der Waals surface area (Å²) >= 11 is 0. The van der Waals surface area contributed by atoms with Crippen molar-refractivity contribution in [1.29, 1.82) is 0 Å². The van der Waals surface area contributed by atoms with Crippen molar-refractivity contribution < 1.29 is 29.4 Å². The lowest BCUT2D eigenvalue weighted by Crippen LogP contribution is -2.46. The number of methoxy groups -OCH3 is 1. The smallest absolute Gasteiger partial charge is 0.254 e. The van der Waals surface area contributed by atoms with Crippen molar-refractivity contribution in [3.63, 3.8) is 0 Å². The topological polar surface area (TPSA) is 121 Å². The number of amides is 2. The van der Waals surface area contributed by atoms with E-state index in [-0.39, 0.29) is 36.9 Å². The molecule has 0 spiro atoms. The summed E-state index contributed by atoms with van der Waals surface area (Å²) < 4.78 is 5.08.